The van der Waals surface area contributed by atoms with E-state index in [2.05, 4.69) is 10.6 Å². The lowest BCUT2D eigenvalue weighted by Gasteiger charge is -2.22. The lowest BCUT2D eigenvalue weighted by molar-refractivity contribution is 0.292. The predicted molar refractivity (Wildman–Crippen MR) is 97.8 cm³/mol. The Labute approximate surface area is 146 Å². The van der Waals surface area contributed by atoms with Crippen LogP contribution in [0.1, 0.15) is 38.5 Å². The summed E-state index contributed by atoms with van der Waals surface area (Å²) in [6.45, 7) is 3.78. The van der Waals surface area contributed by atoms with Crippen molar-refractivity contribution in [2.24, 2.45) is 11.8 Å². The van der Waals surface area contributed by atoms with Gasteiger partial charge in [0.05, 0.1) is 7.11 Å². The first-order valence-electron chi connectivity index (χ1n) is 9.56. The van der Waals surface area contributed by atoms with E-state index >= 15 is 0 Å². The number of ether oxygens (including phenoxy) is 2. The van der Waals surface area contributed by atoms with Crippen LogP contribution in [0, 0.1) is 11.8 Å². The molecule has 134 valence electrons. The van der Waals surface area contributed by atoms with Crippen LogP contribution in [0.25, 0.3) is 0 Å². The fourth-order valence-electron chi connectivity index (χ4n) is 4.25. The number of unbranched alkanes of at least 4 members (excludes halogenated alkanes) is 1. The number of methoxy groups -OCH3 is 1. The maximum Gasteiger partial charge on any atom is 0.161 e. The Kier molecular flexibility index (Phi) is 6.79. The van der Waals surface area contributed by atoms with Gasteiger partial charge in [0.1, 0.15) is 6.61 Å². The topological polar surface area (TPSA) is 42.5 Å². The second kappa shape index (κ2) is 9.28. The SMILES string of the molecule is COc1ccccc1OCCNCCCCNC1CC2CCC1C2. The van der Waals surface area contributed by atoms with Crippen LogP contribution in [0.5, 0.6) is 11.5 Å². The zero-order valence-electron chi connectivity index (χ0n) is 14.9. The number of hydrogen-bond donors (Lipinski definition) is 2. The van der Waals surface area contributed by atoms with Gasteiger partial charge in [-0.15, -0.1) is 0 Å². The molecule has 3 unspecified atom stereocenters. The molecule has 2 aliphatic rings. The summed E-state index contributed by atoms with van der Waals surface area (Å²) in [6, 6.07) is 8.61. The van der Waals surface area contributed by atoms with Gasteiger partial charge in [-0.2, -0.15) is 0 Å². The molecule has 24 heavy (non-hydrogen) atoms. The van der Waals surface area contributed by atoms with Gasteiger partial charge >= 0.3 is 0 Å². The first-order valence-corrected chi connectivity index (χ1v) is 9.56. The summed E-state index contributed by atoms with van der Waals surface area (Å²) < 4.78 is 11.0. The molecule has 0 saturated heterocycles. The van der Waals surface area contributed by atoms with Crippen LogP contribution in [0.15, 0.2) is 24.3 Å². The Balaban J connectivity index is 1.16. The Morgan fingerprint density at radius 3 is 2.58 bits per heavy atom. The Hall–Kier alpha value is -1.26. The summed E-state index contributed by atoms with van der Waals surface area (Å²) in [5, 5.41) is 7.24. The molecule has 3 atom stereocenters. The van der Waals surface area contributed by atoms with Crippen LogP contribution in [-0.4, -0.2) is 39.4 Å². The third-order valence-corrected chi connectivity index (χ3v) is 5.53. The van der Waals surface area contributed by atoms with Crippen LogP contribution < -0.4 is 20.1 Å². The average Bonchev–Trinajstić information content (AvgIpc) is 3.23. The number of fused-ring (bicyclic) bond motifs is 2. The van der Waals surface area contributed by atoms with E-state index in [1.807, 2.05) is 24.3 Å². The minimum absolute atomic E-state index is 0.670. The molecule has 0 aromatic heterocycles. The summed E-state index contributed by atoms with van der Waals surface area (Å²) in [4.78, 5) is 0. The highest BCUT2D eigenvalue weighted by Gasteiger charge is 2.38. The Bertz CT molecular complexity index is 494. The molecule has 0 spiro atoms. The summed E-state index contributed by atoms with van der Waals surface area (Å²) in [5.41, 5.74) is 0. The van der Waals surface area contributed by atoms with Crippen molar-refractivity contribution in [1.29, 1.82) is 0 Å². The van der Waals surface area contributed by atoms with E-state index in [0.29, 0.717) is 6.61 Å². The lowest BCUT2D eigenvalue weighted by Crippen LogP contribution is -2.34. The van der Waals surface area contributed by atoms with E-state index in [4.69, 9.17) is 9.47 Å². The summed E-state index contributed by atoms with van der Waals surface area (Å²) in [6.07, 6.45) is 8.37. The lowest BCUT2D eigenvalue weighted by atomic mass is 9.95. The molecule has 2 N–H and O–H groups in total. The molecule has 0 aliphatic heterocycles. The first kappa shape index (κ1) is 17.6. The summed E-state index contributed by atoms with van der Waals surface area (Å²) in [5.74, 6) is 3.64. The molecule has 4 heteroatoms. The summed E-state index contributed by atoms with van der Waals surface area (Å²) in [7, 11) is 1.67. The molecule has 0 radical (unpaired) electrons. The molecule has 2 bridgehead atoms. The van der Waals surface area contributed by atoms with Crippen molar-refractivity contribution in [3.63, 3.8) is 0 Å². The Morgan fingerprint density at radius 1 is 1.00 bits per heavy atom. The highest BCUT2D eigenvalue weighted by atomic mass is 16.5. The maximum absolute atomic E-state index is 5.75. The predicted octanol–water partition coefficient (Wildman–Crippen LogP) is 3.22. The summed E-state index contributed by atoms with van der Waals surface area (Å²) >= 11 is 0. The third-order valence-electron chi connectivity index (χ3n) is 5.53. The third kappa shape index (κ3) is 4.87. The van der Waals surface area contributed by atoms with Gasteiger partial charge < -0.3 is 20.1 Å². The van der Waals surface area contributed by atoms with Crippen LogP contribution in [0.4, 0.5) is 0 Å². The molecular formula is C20H32N2O2. The van der Waals surface area contributed by atoms with Gasteiger partial charge in [-0.3, -0.25) is 0 Å². The number of nitrogens with one attached hydrogen (secondary N) is 2. The second-order valence-corrected chi connectivity index (χ2v) is 7.19. The van der Waals surface area contributed by atoms with Crippen molar-refractivity contribution < 1.29 is 9.47 Å². The fraction of sp³-hybridized carbons (Fsp3) is 0.700. The van der Waals surface area contributed by atoms with E-state index < -0.39 is 0 Å². The zero-order valence-corrected chi connectivity index (χ0v) is 14.9. The monoisotopic (exact) mass is 332 g/mol. The van der Waals surface area contributed by atoms with Crippen LogP contribution >= 0.6 is 0 Å². The number of rotatable bonds is 11. The smallest absolute Gasteiger partial charge is 0.161 e. The second-order valence-electron chi connectivity index (χ2n) is 7.19. The van der Waals surface area contributed by atoms with E-state index in [0.717, 1.165) is 42.5 Å². The van der Waals surface area contributed by atoms with E-state index in [9.17, 15) is 0 Å². The van der Waals surface area contributed by atoms with Gasteiger partial charge in [-0.25, -0.2) is 0 Å². The molecular weight excluding hydrogens is 300 g/mol. The largest absolute Gasteiger partial charge is 0.493 e. The quantitative estimate of drug-likeness (QED) is 0.611. The van der Waals surface area contributed by atoms with Gasteiger partial charge in [-0.05, 0) is 69.2 Å². The molecule has 1 aromatic rings. The normalized spacial score (nSPS) is 25.1. The molecule has 2 saturated carbocycles. The molecule has 3 rings (SSSR count). The van der Waals surface area contributed by atoms with Crippen molar-refractivity contribution >= 4 is 0 Å². The number of para-hydroxylation sites is 2. The first-order chi connectivity index (χ1) is 11.9. The molecule has 2 fully saturated rings. The standard InChI is InChI=1S/C20H32N2O2/c1-23-19-6-2-3-7-20(19)24-13-12-21-10-4-5-11-22-18-15-16-8-9-17(18)14-16/h2-3,6-7,16-18,21-22H,4-5,8-15H2,1H3. The van der Waals surface area contributed by atoms with Gasteiger partial charge in [-0.1, -0.05) is 18.6 Å². The van der Waals surface area contributed by atoms with Crippen LogP contribution in [0.2, 0.25) is 0 Å². The van der Waals surface area contributed by atoms with Crippen molar-refractivity contribution in [1.82, 2.24) is 10.6 Å². The maximum atomic E-state index is 5.75. The Morgan fingerprint density at radius 2 is 1.83 bits per heavy atom. The highest BCUT2D eigenvalue weighted by molar-refractivity contribution is 5.39. The molecule has 0 amide bonds. The zero-order chi connectivity index (χ0) is 16.6. The van der Waals surface area contributed by atoms with E-state index in [1.54, 1.807) is 7.11 Å². The van der Waals surface area contributed by atoms with Crippen LogP contribution in [-0.2, 0) is 0 Å². The molecule has 1 aromatic carbocycles. The minimum Gasteiger partial charge on any atom is -0.493 e. The fourth-order valence-corrected chi connectivity index (χ4v) is 4.25. The average molecular weight is 332 g/mol. The van der Waals surface area contributed by atoms with Crippen molar-refractivity contribution in [3.05, 3.63) is 24.3 Å². The van der Waals surface area contributed by atoms with Gasteiger partial charge in [0.15, 0.2) is 11.5 Å². The number of hydrogen-bond acceptors (Lipinski definition) is 4. The van der Waals surface area contributed by atoms with E-state index in [-0.39, 0.29) is 0 Å². The van der Waals surface area contributed by atoms with Gasteiger partial charge in [0.25, 0.3) is 0 Å². The van der Waals surface area contributed by atoms with Gasteiger partial charge in [0.2, 0.25) is 0 Å². The van der Waals surface area contributed by atoms with Crippen molar-refractivity contribution in [3.8, 4) is 11.5 Å². The molecule has 4 nitrogen and oxygen atoms in total. The number of benzene rings is 1. The highest BCUT2D eigenvalue weighted by Crippen LogP contribution is 2.44. The molecule has 2 aliphatic carbocycles. The van der Waals surface area contributed by atoms with E-state index in [1.165, 1.54) is 45.1 Å². The van der Waals surface area contributed by atoms with Crippen molar-refractivity contribution in [2.75, 3.05) is 33.4 Å². The minimum atomic E-state index is 0.670. The van der Waals surface area contributed by atoms with Gasteiger partial charge in [0, 0.05) is 12.6 Å². The van der Waals surface area contributed by atoms with Crippen molar-refractivity contribution in [2.45, 2.75) is 44.6 Å². The molecule has 0 heterocycles. The van der Waals surface area contributed by atoms with Crippen LogP contribution in [0.3, 0.4) is 0 Å².